The molecule has 160 valence electrons. The zero-order valence-electron chi connectivity index (χ0n) is 17.1. The predicted octanol–water partition coefficient (Wildman–Crippen LogP) is 2.08. The number of amides is 1. The van der Waals surface area contributed by atoms with E-state index in [0.29, 0.717) is 36.5 Å². The van der Waals surface area contributed by atoms with Gasteiger partial charge in [-0.1, -0.05) is 12.1 Å². The van der Waals surface area contributed by atoms with Gasteiger partial charge in [-0.25, -0.2) is 14.4 Å². The van der Waals surface area contributed by atoms with Crippen LogP contribution in [0.15, 0.2) is 47.5 Å². The van der Waals surface area contributed by atoms with Crippen LogP contribution in [0.3, 0.4) is 0 Å². The van der Waals surface area contributed by atoms with E-state index in [0.717, 1.165) is 11.1 Å². The minimum atomic E-state index is -0.607. The number of nitrogens with two attached hydrogens (primary N) is 1. The summed E-state index contributed by atoms with van der Waals surface area (Å²) in [6, 6.07) is 7.54. The van der Waals surface area contributed by atoms with Crippen molar-refractivity contribution >= 4 is 17.5 Å². The Balaban J connectivity index is 1.48. The van der Waals surface area contributed by atoms with E-state index in [4.69, 9.17) is 5.73 Å². The average molecular weight is 422 g/mol. The number of fused-ring (bicyclic) bond motifs is 1. The number of anilines is 2. The van der Waals surface area contributed by atoms with E-state index < -0.39 is 6.04 Å². The van der Waals surface area contributed by atoms with Crippen LogP contribution in [0.25, 0.3) is 0 Å². The van der Waals surface area contributed by atoms with Gasteiger partial charge in [-0.2, -0.15) is 0 Å². The van der Waals surface area contributed by atoms with Gasteiger partial charge in [-0.15, -0.1) is 0 Å². The van der Waals surface area contributed by atoms with Crippen LogP contribution in [-0.4, -0.2) is 20.4 Å². The van der Waals surface area contributed by atoms with Gasteiger partial charge in [0.15, 0.2) is 5.82 Å². The van der Waals surface area contributed by atoms with Crippen LogP contribution < -0.4 is 21.9 Å². The van der Waals surface area contributed by atoms with Crippen molar-refractivity contribution in [2.45, 2.75) is 38.9 Å². The Morgan fingerprint density at radius 2 is 2.03 bits per heavy atom. The zero-order chi connectivity index (χ0) is 22.0. The lowest BCUT2D eigenvalue weighted by Gasteiger charge is -2.16. The Morgan fingerprint density at radius 3 is 2.77 bits per heavy atom. The third-order valence-corrected chi connectivity index (χ3v) is 5.24. The molecule has 1 atom stereocenters. The number of halogens is 1. The number of aromatic nitrogens is 3. The smallest absolute Gasteiger partial charge is 0.294 e. The SMILES string of the molecule is Cc1cc(F)cc(CNc2ncc3n(c2=O)[C@H](C(=O)NCc2ccc(N)nc2)CC3)c1. The molecule has 3 heterocycles. The van der Waals surface area contributed by atoms with Crippen LogP contribution in [0.2, 0.25) is 0 Å². The number of hydrogen-bond donors (Lipinski definition) is 3. The largest absolute Gasteiger partial charge is 0.384 e. The molecule has 0 radical (unpaired) electrons. The quantitative estimate of drug-likeness (QED) is 0.560. The van der Waals surface area contributed by atoms with Crippen molar-refractivity contribution in [3.05, 3.63) is 81.3 Å². The monoisotopic (exact) mass is 422 g/mol. The summed E-state index contributed by atoms with van der Waals surface area (Å²) in [6.45, 7) is 2.35. The average Bonchev–Trinajstić information content (AvgIpc) is 3.17. The van der Waals surface area contributed by atoms with E-state index in [-0.39, 0.29) is 29.6 Å². The van der Waals surface area contributed by atoms with Gasteiger partial charge < -0.3 is 16.4 Å². The van der Waals surface area contributed by atoms with Gasteiger partial charge in [0.2, 0.25) is 5.91 Å². The van der Waals surface area contributed by atoms with E-state index in [2.05, 4.69) is 20.6 Å². The topological polar surface area (TPSA) is 115 Å². The van der Waals surface area contributed by atoms with Crippen molar-refractivity contribution in [3.63, 3.8) is 0 Å². The third-order valence-electron chi connectivity index (χ3n) is 5.24. The Hall–Kier alpha value is -3.75. The molecule has 0 saturated heterocycles. The Labute approximate surface area is 178 Å². The molecular weight excluding hydrogens is 399 g/mol. The molecule has 3 aromatic rings. The highest BCUT2D eigenvalue weighted by molar-refractivity contribution is 5.81. The summed E-state index contributed by atoms with van der Waals surface area (Å²) in [4.78, 5) is 34.0. The highest BCUT2D eigenvalue weighted by Crippen LogP contribution is 2.24. The third kappa shape index (κ3) is 4.55. The summed E-state index contributed by atoms with van der Waals surface area (Å²) in [5, 5.41) is 5.83. The molecule has 4 N–H and O–H groups in total. The number of rotatable bonds is 6. The molecule has 1 aliphatic heterocycles. The van der Waals surface area contributed by atoms with Crippen molar-refractivity contribution < 1.29 is 9.18 Å². The van der Waals surface area contributed by atoms with Gasteiger partial charge in [-0.05, 0) is 54.7 Å². The number of carbonyl (C=O) groups excluding carboxylic acids is 1. The second-order valence-electron chi connectivity index (χ2n) is 7.63. The second kappa shape index (κ2) is 8.55. The number of carbonyl (C=O) groups is 1. The number of nitrogens with one attached hydrogen (secondary N) is 2. The lowest BCUT2D eigenvalue weighted by molar-refractivity contribution is -0.124. The van der Waals surface area contributed by atoms with E-state index in [1.807, 2.05) is 6.07 Å². The van der Waals surface area contributed by atoms with Crippen molar-refractivity contribution in [3.8, 4) is 0 Å². The fourth-order valence-corrected chi connectivity index (χ4v) is 3.76. The summed E-state index contributed by atoms with van der Waals surface area (Å²) in [7, 11) is 0. The summed E-state index contributed by atoms with van der Waals surface area (Å²) in [6.07, 6.45) is 4.32. The summed E-state index contributed by atoms with van der Waals surface area (Å²) in [5.41, 5.74) is 8.24. The first kappa shape index (κ1) is 20.5. The first-order chi connectivity index (χ1) is 14.9. The molecule has 31 heavy (non-hydrogen) atoms. The fourth-order valence-electron chi connectivity index (χ4n) is 3.76. The first-order valence-corrected chi connectivity index (χ1v) is 9.99. The van der Waals surface area contributed by atoms with Crippen LogP contribution in [0.4, 0.5) is 16.0 Å². The van der Waals surface area contributed by atoms with Crippen molar-refractivity contribution in [2.24, 2.45) is 0 Å². The second-order valence-corrected chi connectivity index (χ2v) is 7.63. The highest BCUT2D eigenvalue weighted by Gasteiger charge is 2.30. The summed E-state index contributed by atoms with van der Waals surface area (Å²) >= 11 is 0. The van der Waals surface area contributed by atoms with Gasteiger partial charge in [0, 0.05) is 31.2 Å². The van der Waals surface area contributed by atoms with Crippen LogP contribution in [0.5, 0.6) is 0 Å². The molecule has 0 saturated carbocycles. The number of benzene rings is 1. The van der Waals surface area contributed by atoms with Gasteiger partial charge in [-0.3, -0.25) is 14.2 Å². The maximum Gasteiger partial charge on any atom is 0.294 e. The minimum absolute atomic E-state index is 0.132. The van der Waals surface area contributed by atoms with Crippen molar-refractivity contribution in [2.75, 3.05) is 11.1 Å². The maximum atomic E-state index is 13.6. The Morgan fingerprint density at radius 1 is 1.19 bits per heavy atom. The molecule has 1 aromatic carbocycles. The van der Waals surface area contributed by atoms with Gasteiger partial charge in [0.1, 0.15) is 17.7 Å². The van der Waals surface area contributed by atoms with Crippen LogP contribution in [0, 0.1) is 12.7 Å². The zero-order valence-corrected chi connectivity index (χ0v) is 17.1. The van der Waals surface area contributed by atoms with Crippen molar-refractivity contribution in [1.29, 1.82) is 0 Å². The summed E-state index contributed by atoms with van der Waals surface area (Å²) < 4.78 is 15.1. The minimum Gasteiger partial charge on any atom is -0.384 e. The van der Waals surface area contributed by atoms with Gasteiger partial charge in [0.25, 0.3) is 5.56 Å². The van der Waals surface area contributed by atoms with E-state index >= 15 is 0 Å². The highest BCUT2D eigenvalue weighted by atomic mass is 19.1. The number of aryl methyl sites for hydroxylation is 2. The molecule has 0 unspecified atom stereocenters. The molecule has 8 nitrogen and oxygen atoms in total. The molecule has 0 aliphatic carbocycles. The molecule has 2 aromatic heterocycles. The molecule has 0 fully saturated rings. The fraction of sp³-hybridized carbons (Fsp3) is 0.273. The normalized spacial score (nSPS) is 14.8. The Bertz CT molecular complexity index is 1160. The molecule has 9 heteroatoms. The van der Waals surface area contributed by atoms with Crippen molar-refractivity contribution in [1.82, 2.24) is 19.9 Å². The number of nitrogens with zero attached hydrogens (tertiary/aromatic N) is 3. The molecule has 0 bridgehead atoms. The van der Waals surface area contributed by atoms with E-state index in [9.17, 15) is 14.0 Å². The maximum absolute atomic E-state index is 13.6. The molecule has 0 spiro atoms. The first-order valence-electron chi connectivity index (χ1n) is 9.99. The predicted molar refractivity (Wildman–Crippen MR) is 115 cm³/mol. The lowest BCUT2D eigenvalue weighted by atomic mass is 10.1. The Kier molecular flexibility index (Phi) is 5.66. The lowest BCUT2D eigenvalue weighted by Crippen LogP contribution is -2.36. The molecule has 1 amide bonds. The molecular formula is C22H23FN6O2. The van der Waals surface area contributed by atoms with Crippen LogP contribution in [0.1, 0.15) is 34.8 Å². The van der Waals surface area contributed by atoms with E-state index in [1.165, 1.54) is 16.7 Å². The van der Waals surface area contributed by atoms with Crippen LogP contribution in [-0.2, 0) is 24.3 Å². The van der Waals surface area contributed by atoms with Gasteiger partial charge in [0.05, 0.1) is 0 Å². The molecule has 4 rings (SSSR count). The van der Waals surface area contributed by atoms with Gasteiger partial charge >= 0.3 is 0 Å². The number of pyridine rings is 1. The number of hydrogen-bond acceptors (Lipinski definition) is 6. The van der Waals surface area contributed by atoms with E-state index in [1.54, 1.807) is 31.5 Å². The number of nitrogen functional groups attached to an aromatic ring is 1. The summed E-state index contributed by atoms with van der Waals surface area (Å²) in [5.74, 6) is -0.0283. The van der Waals surface area contributed by atoms with Crippen LogP contribution >= 0.6 is 0 Å². The molecule has 1 aliphatic rings. The standard InChI is InChI=1S/C22H23FN6O2/c1-13-6-15(8-16(23)7-13)11-26-20-22(31)29-17(12-27-20)3-4-18(29)21(30)28-10-14-2-5-19(24)25-9-14/h2,5-9,12,18H,3-4,10-11H2,1H3,(H2,24,25)(H,26,27)(H,28,30)/t18-/m0/s1.